The minimum atomic E-state index is -0.731. The van der Waals surface area contributed by atoms with E-state index in [0.717, 1.165) is 19.3 Å². The van der Waals surface area contributed by atoms with Gasteiger partial charge in [-0.3, -0.25) is 0 Å². The third-order valence-corrected chi connectivity index (χ3v) is 3.70. The zero-order chi connectivity index (χ0) is 17.4. The Hall–Kier alpha value is -1.92. The lowest BCUT2D eigenvalue weighted by atomic mass is 9.99. The third kappa shape index (κ3) is 7.10. The Labute approximate surface area is 142 Å². The summed E-state index contributed by atoms with van der Waals surface area (Å²) in [5.41, 5.74) is 0.788. The van der Waals surface area contributed by atoms with Gasteiger partial charge < -0.3 is 19.5 Å². The summed E-state index contributed by atoms with van der Waals surface area (Å²) >= 11 is 0. The molecule has 0 radical (unpaired) electrons. The molecule has 132 valence electrons. The third-order valence-electron chi connectivity index (χ3n) is 3.70. The lowest BCUT2D eigenvalue weighted by Gasteiger charge is -2.25. The fourth-order valence-corrected chi connectivity index (χ4v) is 2.26. The maximum atomic E-state index is 11.7. The van der Waals surface area contributed by atoms with Crippen LogP contribution in [-0.2, 0) is 25.4 Å². The first-order valence-electron chi connectivity index (χ1n) is 8.23. The summed E-state index contributed by atoms with van der Waals surface area (Å²) in [5, 5.41) is 2.69. The van der Waals surface area contributed by atoms with Crippen molar-refractivity contribution >= 4 is 12.1 Å². The highest BCUT2D eigenvalue weighted by Gasteiger charge is 2.35. The van der Waals surface area contributed by atoms with Crippen molar-refractivity contribution in [3.05, 3.63) is 35.9 Å². The maximum Gasteiger partial charge on any atom is 0.415 e. The van der Waals surface area contributed by atoms with Crippen molar-refractivity contribution in [3.8, 4) is 0 Å². The van der Waals surface area contributed by atoms with Gasteiger partial charge in [-0.25, -0.2) is 9.59 Å². The molecule has 1 fully saturated rings. The average molecular weight is 335 g/mol. The van der Waals surface area contributed by atoms with Gasteiger partial charge in [0.2, 0.25) is 0 Å². The lowest BCUT2D eigenvalue weighted by molar-refractivity contribution is -0.138. The highest BCUT2D eigenvalue weighted by Crippen LogP contribution is 2.14. The molecule has 1 N–H and O–H groups in total. The van der Waals surface area contributed by atoms with Crippen LogP contribution in [0.4, 0.5) is 4.79 Å². The van der Waals surface area contributed by atoms with E-state index < -0.39 is 23.7 Å². The Bertz CT molecular complexity index is 540. The van der Waals surface area contributed by atoms with Gasteiger partial charge in [0.25, 0.3) is 0 Å². The van der Waals surface area contributed by atoms with Crippen molar-refractivity contribution in [3.63, 3.8) is 0 Å². The first-order chi connectivity index (χ1) is 11.5. The molecule has 6 nitrogen and oxygen atoms in total. The van der Waals surface area contributed by atoms with Crippen LogP contribution in [0.1, 0.15) is 32.3 Å². The Morgan fingerprint density at radius 2 is 1.96 bits per heavy atom. The molecule has 24 heavy (non-hydrogen) atoms. The van der Waals surface area contributed by atoms with Crippen molar-refractivity contribution in [2.75, 3.05) is 19.8 Å². The van der Waals surface area contributed by atoms with Crippen LogP contribution in [0.2, 0.25) is 0 Å². The van der Waals surface area contributed by atoms with Gasteiger partial charge >= 0.3 is 12.1 Å². The molecule has 0 bridgehead atoms. The number of benzene rings is 1. The molecule has 1 aromatic carbocycles. The molecule has 1 unspecified atom stereocenters. The lowest BCUT2D eigenvalue weighted by Crippen LogP contribution is -2.44. The molecule has 6 heteroatoms. The molecule has 1 atom stereocenters. The van der Waals surface area contributed by atoms with E-state index in [2.05, 4.69) is 22.2 Å². The van der Waals surface area contributed by atoms with Crippen molar-refractivity contribution < 1.29 is 23.8 Å². The standard InChI is InChI=1S/C18H25NO5/c1-18(2,19-17(21)24-16(20)15-13-23-15)10-6-11-22-12-9-14-7-4-3-5-8-14/h3-5,7-8,15H,6,9-13H2,1-2H3,(H,19,21). The molecule has 0 aliphatic carbocycles. The van der Waals surface area contributed by atoms with Crippen LogP contribution in [0, 0.1) is 0 Å². The fraction of sp³-hybridized carbons (Fsp3) is 0.556. The van der Waals surface area contributed by atoms with Crippen LogP contribution in [0.5, 0.6) is 0 Å². The number of esters is 1. The predicted molar refractivity (Wildman–Crippen MR) is 88.6 cm³/mol. The number of nitrogens with one attached hydrogen (secondary N) is 1. The summed E-state index contributed by atoms with van der Waals surface area (Å²) in [6.45, 7) is 5.40. The Balaban J connectivity index is 1.54. The number of carbonyl (C=O) groups is 2. The zero-order valence-corrected chi connectivity index (χ0v) is 14.2. The zero-order valence-electron chi connectivity index (χ0n) is 14.2. The van der Waals surface area contributed by atoms with E-state index in [-0.39, 0.29) is 0 Å². The van der Waals surface area contributed by atoms with Gasteiger partial charge in [0, 0.05) is 12.1 Å². The quantitative estimate of drug-likeness (QED) is 0.325. The Morgan fingerprint density at radius 3 is 2.62 bits per heavy atom. The average Bonchev–Trinajstić information content (AvgIpc) is 3.36. The number of amides is 1. The topological polar surface area (TPSA) is 77.2 Å². The molecular formula is C18H25NO5. The van der Waals surface area contributed by atoms with E-state index in [1.54, 1.807) is 0 Å². The number of rotatable bonds is 9. The smallest absolute Gasteiger partial charge is 0.381 e. The van der Waals surface area contributed by atoms with Crippen molar-refractivity contribution in [1.29, 1.82) is 0 Å². The van der Waals surface area contributed by atoms with Gasteiger partial charge in [0.05, 0.1) is 13.2 Å². The van der Waals surface area contributed by atoms with Crippen molar-refractivity contribution in [2.45, 2.75) is 44.8 Å². The molecule has 1 aromatic rings. The highest BCUT2D eigenvalue weighted by atomic mass is 16.6. The molecule has 0 aromatic heterocycles. The van der Waals surface area contributed by atoms with Gasteiger partial charge in [0.15, 0.2) is 6.10 Å². The van der Waals surface area contributed by atoms with Crippen molar-refractivity contribution in [2.24, 2.45) is 0 Å². The number of hydrogen-bond acceptors (Lipinski definition) is 5. The number of ether oxygens (including phenoxy) is 3. The van der Waals surface area contributed by atoms with Crippen LogP contribution in [-0.4, -0.2) is 43.5 Å². The number of alkyl carbamates (subject to hydrolysis) is 1. The molecule has 1 heterocycles. The Morgan fingerprint density at radius 1 is 1.25 bits per heavy atom. The molecular weight excluding hydrogens is 310 g/mol. The van der Waals surface area contributed by atoms with E-state index in [9.17, 15) is 9.59 Å². The van der Waals surface area contributed by atoms with E-state index in [4.69, 9.17) is 9.47 Å². The summed E-state index contributed by atoms with van der Waals surface area (Å²) in [6.07, 6.45) is 1.12. The van der Waals surface area contributed by atoms with E-state index in [1.165, 1.54) is 5.56 Å². The van der Waals surface area contributed by atoms with Gasteiger partial charge in [-0.1, -0.05) is 30.3 Å². The summed E-state index contributed by atoms with van der Waals surface area (Å²) < 4.78 is 15.1. The molecule has 0 saturated carbocycles. The number of epoxide rings is 1. The summed E-state index contributed by atoms with van der Waals surface area (Å²) in [4.78, 5) is 23.0. The van der Waals surface area contributed by atoms with E-state index in [0.29, 0.717) is 19.8 Å². The second-order valence-corrected chi connectivity index (χ2v) is 6.49. The molecule has 0 spiro atoms. The molecule has 1 aliphatic rings. The van der Waals surface area contributed by atoms with Gasteiger partial charge in [-0.05, 0) is 38.7 Å². The van der Waals surface area contributed by atoms with E-state index >= 15 is 0 Å². The predicted octanol–water partition coefficient (Wildman–Crippen LogP) is 2.46. The molecule has 2 rings (SSSR count). The van der Waals surface area contributed by atoms with Crippen LogP contribution >= 0.6 is 0 Å². The van der Waals surface area contributed by atoms with Gasteiger partial charge in [-0.2, -0.15) is 0 Å². The Kier molecular flexibility index (Phi) is 6.75. The van der Waals surface area contributed by atoms with Gasteiger partial charge in [-0.15, -0.1) is 0 Å². The first kappa shape index (κ1) is 18.4. The first-order valence-corrected chi connectivity index (χ1v) is 8.23. The van der Waals surface area contributed by atoms with Crippen LogP contribution in [0.25, 0.3) is 0 Å². The second-order valence-electron chi connectivity index (χ2n) is 6.49. The van der Waals surface area contributed by atoms with Crippen molar-refractivity contribution in [1.82, 2.24) is 5.32 Å². The normalized spacial score (nSPS) is 16.5. The maximum absolute atomic E-state index is 11.7. The molecule has 1 amide bonds. The monoisotopic (exact) mass is 335 g/mol. The van der Waals surface area contributed by atoms with Crippen LogP contribution < -0.4 is 5.32 Å². The number of hydrogen-bond donors (Lipinski definition) is 1. The molecule has 1 saturated heterocycles. The second kappa shape index (κ2) is 8.80. The fourth-order valence-electron chi connectivity index (χ4n) is 2.26. The minimum Gasteiger partial charge on any atom is -0.381 e. The molecule has 1 aliphatic heterocycles. The number of carbonyl (C=O) groups excluding carboxylic acids is 2. The van der Waals surface area contributed by atoms with E-state index in [1.807, 2.05) is 32.0 Å². The largest absolute Gasteiger partial charge is 0.415 e. The highest BCUT2D eigenvalue weighted by molar-refractivity contribution is 5.88. The van der Waals surface area contributed by atoms with Gasteiger partial charge in [0.1, 0.15) is 0 Å². The van der Waals surface area contributed by atoms with Crippen LogP contribution in [0.15, 0.2) is 30.3 Å². The van der Waals surface area contributed by atoms with Crippen LogP contribution in [0.3, 0.4) is 0 Å². The SMILES string of the molecule is CC(C)(CCCOCCc1ccccc1)NC(=O)OC(=O)C1CO1. The summed E-state index contributed by atoms with van der Waals surface area (Å²) in [6, 6.07) is 10.2. The summed E-state index contributed by atoms with van der Waals surface area (Å²) in [5.74, 6) is -0.632. The summed E-state index contributed by atoms with van der Waals surface area (Å²) in [7, 11) is 0. The minimum absolute atomic E-state index is 0.329.